The number of nitrogens with one attached hydrogen (secondary N) is 1. The van der Waals surface area contributed by atoms with Gasteiger partial charge in [0.15, 0.2) is 0 Å². The average Bonchev–Trinajstić information content (AvgIpc) is 2.78. The van der Waals surface area contributed by atoms with Crippen LogP contribution < -0.4 is 5.32 Å². The first-order valence-electron chi connectivity index (χ1n) is 5.45. The van der Waals surface area contributed by atoms with E-state index in [-0.39, 0.29) is 17.7 Å². The lowest BCUT2D eigenvalue weighted by atomic mass is 10.00. The summed E-state index contributed by atoms with van der Waals surface area (Å²) in [5, 5.41) is 21.9. The molecule has 1 aliphatic rings. The fourth-order valence-corrected chi connectivity index (χ4v) is 2.57. The van der Waals surface area contributed by atoms with Crippen molar-refractivity contribution in [1.29, 1.82) is 0 Å². The van der Waals surface area contributed by atoms with E-state index in [1.165, 1.54) is 11.8 Å². The molecule has 0 spiro atoms. The summed E-state index contributed by atoms with van der Waals surface area (Å²) in [5.41, 5.74) is 0.948. The van der Waals surface area contributed by atoms with Crippen molar-refractivity contribution in [2.75, 3.05) is 12.8 Å². The Kier molecular flexibility index (Phi) is 3.59. The highest BCUT2D eigenvalue weighted by molar-refractivity contribution is 7.98. The molecular formula is C12H15NO3S. The Hall–Kier alpha value is -1.20. The Morgan fingerprint density at radius 2 is 2.29 bits per heavy atom. The second kappa shape index (κ2) is 4.98. The summed E-state index contributed by atoms with van der Waals surface area (Å²) in [6, 6.07) is 5.55. The molecule has 0 aromatic heterocycles. The summed E-state index contributed by atoms with van der Waals surface area (Å²) < 4.78 is 0. The molecule has 0 amide bonds. The van der Waals surface area contributed by atoms with E-state index in [4.69, 9.17) is 5.11 Å². The van der Waals surface area contributed by atoms with Gasteiger partial charge >= 0.3 is 5.97 Å². The van der Waals surface area contributed by atoms with Gasteiger partial charge in [-0.3, -0.25) is 4.79 Å². The molecule has 3 N–H and O–H groups in total. The van der Waals surface area contributed by atoms with Crippen molar-refractivity contribution >= 4 is 17.7 Å². The van der Waals surface area contributed by atoms with E-state index < -0.39 is 5.97 Å². The van der Waals surface area contributed by atoms with Crippen LogP contribution in [0.4, 0.5) is 0 Å². The molecule has 2 unspecified atom stereocenters. The van der Waals surface area contributed by atoms with Gasteiger partial charge in [0.25, 0.3) is 0 Å². The van der Waals surface area contributed by atoms with E-state index in [0.717, 1.165) is 10.5 Å². The van der Waals surface area contributed by atoms with Crippen LogP contribution in [0.5, 0.6) is 5.75 Å². The van der Waals surface area contributed by atoms with Crippen LogP contribution in [0.3, 0.4) is 0 Å². The van der Waals surface area contributed by atoms with Crippen LogP contribution in [0.2, 0.25) is 0 Å². The van der Waals surface area contributed by atoms with Gasteiger partial charge < -0.3 is 15.5 Å². The number of benzene rings is 1. The van der Waals surface area contributed by atoms with Crippen LogP contribution in [0, 0.1) is 5.92 Å². The van der Waals surface area contributed by atoms with E-state index in [2.05, 4.69) is 5.32 Å². The van der Waals surface area contributed by atoms with Crippen LogP contribution in [-0.4, -0.2) is 29.0 Å². The highest BCUT2D eigenvalue weighted by Crippen LogP contribution is 2.33. The molecule has 1 aromatic rings. The number of carboxylic acid groups (broad SMARTS) is 1. The largest absolute Gasteiger partial charge is 0.507 e. The summed E-state index contributed by atoms with van der Waals surface area (Å²) in [5.74, 6) is -0.831. The lowest BCUT2D eigenvalue weighted by Gasteiger charge is -2.12. The number of carboxylic acids is 1. The maximum Gasteiger partial charge on any atom is 0.307 e. The molecule has 1 aliphatic heterocycles. The van der Waals surface area contributed by atoms with E-state index in [9.17, 15) is 9.90 Å². The Labute approximate surface area is 104 Å². The number of phenols is 1. The van der Waals surface area contributed by atoms with Crippen molar-refractivity contribution in [2.24, 2.45) is 5.92 Å². The minimum Gasteiger partial charge on any atom is -0.507 e. The molecule has 0 radical (unpaired) electrons. The molecule has 17 heavy (non-hydrogen) atoms. The van der Waals surface area contributed by atoms with Crippen molar-refractivity contribution < 1.29 is 15.0 Å². The van der Waals surface area contributed by atoms with Crippen molar-refractivity contribution in [3.63, 3.8) is 0 Å². The highest BCUT2D eigenvalue weighted by Gasteiger charge is 2.30. The third-order valence-electron chi connectivity index (χ3n) is 3.09. The van der Waals surface area contributed by atoms with Gasteiger partial charge in [0.1, 0.15) is 5.75 Å². The Morgan fingerprint density at radius 3 is 2.82 bits per heavy atom. The maximum absolute atomic E-state index is 10.9. The van der Waals surface area contributed by atoms with Gasteiger partial charge in [-0.15, -0.1) is 11.8 Å². The van der Waals surface area contributed by atoms with Crippen molar-refractivity contribution in [2.45, 2.75) is 17.4 Å². The number of thioether (sulfide) groups is 1. The number of hydrogen-bond acceptors (Lipinski definition) is 4. The number of aromatic hydroxyl groups is 1. The van der Waals surface area contributed by atoms with Crippen LogP contribution >= 0.6 is 11.8 Å². The van der Waals surface area contributed by atoms with Gasteiger partial charge in [-0.05, 0) is 30.4 Å². The SMILES string of the molecule is CSc1ccc(C2CC(C(=O)O)CN2)cc1O. The minimum atomic E-state index is -0.759. The first kappa shape index (κ1) is 12.3. The quantitative estimate of drug-likeness (QED) is 0.717. The standard InChI is InChI=1S/C12H15NO3S/c1-17-11-3-2-7(5-10(11)14)9-4-8(6-13-9)12(15)16/h2-3,5,8-9,13-14H,4,6H2,1H3,(H,15,16). The lowest BCUT2D eigenvalue weighted by Crippen LogP contribution is -2.17. The average molecular weight is 253 g/mol. The van der Waals surface area contributed by atoms with E-state index in [1.54, 1.807) is 6.07 Å². The number of carbonyl (C=O) groups is 1. The molecule has 1 saturated heterocycles. The fraction of sp³-hybridized carbons (Fsp3) is 0.417. The summed E-state index contributed by atoms with van der Waals surface area (Å²) in [6.45, 7) is 0.491. The lowest BCUT2D eigenvalue weighted by molar-refractivity contribution is -0.141. The molecule has 0 aliphatic carbocycles. The third kappa shape index (κ3) is 2.56. The second-order valence-electron chi connectivity index (χ2n) is 4.16. The molecule has 2 rings (SSSR count). The Balaban J connectivity index is 2.14. The number of phenolic OH excluding ortho intramolecular Hbond substituents is 1. The fourth-order valence-electron chi connectivity index (χ4n) is 2.10. The molecular weight excluding hydrogens is 238 g/mol. The van der Waals surface area contributed by atoms with Gasteiger partial charge in [0.2, 0.25) is 0 Å². The van der Waals surface area contributed by atoms with E-state index in [1.807, 2.05) is 18.4 Å². The zero-order valence-electron chi connectivity index (χ0n) is 9.51. The molecule has 1 aromatic carbocycles. The first-order chi connectivity index (χ1) is 8.11. The molecule has 0 saturated carbocycles. The smallest absolute Gasteiger partial charge is 0.307 e. The molecule has 1 heterocycles. The van der Waals surface area contributed by atoms with E-state index >= 15 is 0 Å². The molecule has 4 nitrogen and oxygen atoms in total. The van der Waals surface area contributed by atoms with Gasteiger partial charge in [0, 0.05) is 17.5 Å². The second-order valence-corrected chi connectivity index (χ2v) is 5.01. The highest BCUT2D eigenvalue weighted by atomic mass is 32.2. The van der Waals surface area contributed by atoms with Crippen molar-refractivity contribution in [3.05, 3.63) is 23.8 Å². The minimum absolute atomic E-state index is 0.0258. The van der Waals surface area contributed by atoms with Crippen LogP contribution in [-0.2, 0) is 4.79 Å². The summed E-state index contributed by atoms with van der Waals surface area (Å²) in [7, 11) is 0. The molecule has 92 valence electrons. The monoisotopic (exact) mass is 253 g/mol. The number of rotatable bonds is 3. The maximum atomic E-state index is 10.9. The molecule has 5 heteroatoms. The summed E-state index contributed by atoms with van der Waals surface area (Å²) in [4.78, 5) is 11.7. The normalized spacial score (nSPS) is 23.8. The topological polar surface area (TPSA) is 69.6 Å². The molecule has 0 bridgehead atoms. The van der Waals surface area contributed by atoms with Crippen molar-refractivity contribution in [3.8, 4) is 5.75 Å². The van der Waals surface area contributed by atoms with Gasteiger partial charge in [-0.2, -0.15) is 0 Å². The van der Waals surface area contributed by atoms with E-state index in [0.29, 0.717) is 13.0 Å². The zero-order valence-corrected chi connectivity index (χ0v) is 10.3. The van der Waals surface area contributed by atoms with Crippen LogP contribution in [0.15, 0.2) is 23.1 Å². The Morgan fingerprint density at radius 1 is 1.53 bits per heavy atom. The van der Waals surface area contributed by atoms with Crippen LogP contribution in [0.1, 0.15) is 18.0 Å². The number of hydrogen-bond donors (Lipinski definition) is 3. The molecule has 2 atom stereocenters. The Bertz CT molecular complexity index is 436. The summed E-state index contributed by atoms with van der Waals surface area (Å²) >= 11 is 1.49. The van der Waals surface area contributed by atoms with Gasteiger partial charge in [-0.1, -0.05) is 6.07 Å². The molecule has 1 fully saturated rings. The number of aliphatic carboxylic acids is 1. The van der Waals surface area contributed by atoms with Crippen molar-refractivity contribution in [1.82, 2.24) is 5.32 Å². The predicted molar refractivity (Wildman–Crippen MR) is 66.4 cm³/mol. The van der Waals surface area contributed by atoms with Crippen LogP contribution in [0.25, 0.3) is 0 Å². The zero-order chi connectivity index (χ0) is 12.4. The third-order valence-corrected chi connectivity index (χ3v) is 3.87. The summed E-state index contributed by atoms with van der Waals surface area (Å²) in [6.07, 6.45) is 2.48. The van der Waals surface area contributed by atoms with Gasteiger partial charge in [-0.25, -0.2) is 0 Å². The predicted octanol–water partition coefficient (Wildman–Crippen LogP) is 1.85. The van der Waals surface area contributed by atoms with Gasteiger partial charge in [0.05, 0.1) is 5.92 Å². The first-order valence-corrected chi connectivity index (χ1v) is 6.67.